The standard InChI is InChI=1S/C21H21FN6O4S/c1-11-17(33-27-26-11)21(32)28-9-3-2-4-14(28)18-24-15(16(29)20(31)25-18)19(30)23-10-12-5-7-13(22)8-6-12/h5-8,14,29H,2-4,9-10H2,1H3,(H,23,30)(H,24,25,31). The summed E-state index contributed by atoms with van der Waals surface area (Å²) in [6.45, 7) is 2.19. The minimum absolute atomic E-state index is 0.0497. The van der Waals surface area contributed by atoms with Crippen LogP contribution in [0.5, 0.6) is 5.75 Å². The molecule has 0 spiro atoms. The Bertz CT molecular complexity index is 1240. The summed E-state index contributed by atoms with van der Waals surface area (Å²) in [6, 6.07) is 4.96. The maximum absolute atomic E-state index is 13.1. The number of halogens is 1. The second kappa shape index (κ2) is 9.45. The van der Waals surface area contributed by atoms with E-state index in [0.29, 0.717) is 29.1 Å². The van der Waals surface area contributed by atoms with E-state index in [0.717, 1.165) is 24.4 Å². The zero-order valence-electron chi connectivity index (χ0n) is 17.7. The molecule has 0 saturated carbocycles. The van der Waals surface area contributed by atoms with Crippen LogP contribution in [0, 0.1) is 12.7 Å². The zero-order chi connectivity index (χ0) is 23.5. The molecule has 10 nitrogen and oxygen atoms in total. The highest BCUT2D eigenvalue weighted by molar-refractivity contribution is 7.07. The van der Waals surface area contributed by atoms with Crippen LogP contribution in [0.25, 0.3) is 0 Å². The van der Waals surface area contributed by atoms with Crippen molar-refractivity contribution in [2.75, 3.05) is 6.54 Å². The third kappa shape index (κ3) is 4.75. The number of aromatic amines is 1. The summed E-state index contributed by atoms with van der Waals surface area (Å²) in [5, 5.41) is 16.6. The Morgan fingerprint density at radius 1 is 1.30 bits per heavy atom. The van der Waals surface area contributed by atoms with Crippen LogP contribution < -0.4 is 10.9 Å². The third-order valence-corrected chi connectivity index (χ3v) is 6.24. The Balaban J connectivity index is 1.60. The molecule has 3 aromatic rings. The molecule has 1 aliphatic heterocycles. The van der Waals surface area contributed by atoms with Gasteiger partial charge >= 0.3 is 0 Å². The lowest BCUT2D eigenvalue weighted by Crippen LogP contribution is -2.40. The number of carbonyl (C=O) groups is 2. The highest BCUT2D eigenvalue weighted by Gasteiger charge is 2.33. The van der Waals surface area contributed by atoms with E-state index in [2.05, 4.69) is 24.9 Å². The number of hydrogen-bond acceptors (Lipinski definition) is 8. The van der Waals surface area contributed by atoms with E-state index < -0.39 is 34.8 Å². The number of aromatic nitrogens is 4. The fraction of sp³-hybridized carbons (Fsp3) is 0.333. The summed E-state index contributed by atoms with van der Waals surface area (Å²) in [7, 11) is 0. The number of likely N-dealkylation sites (tertiary alicyclic amines) is 1. The van der Waals surface area contributed by atoms with E-state index >= 15 is 0 Å². The summed E-state index contributed by atoms with van der Waals surface area (Å²) in [6.07, 6.45) is 2.10. The molecule has 1 unspecified atom stereocenters. The average molecular weight is 473 g/mol. The molecule has 2 aromatic heterocycles. The lowest BCUT2D eigenvalue weighted by atomic mass is 10.0. The molecule has 0 radical (unpaired) electrons. The molecule has 1 atom stereocenters. The molecule has 1 fully saturated rings. The summed E-state index contributed by atoms with van der Waals surface area (Å²) >= 11 is 0.995. The number of aryl methyl sites for hydroxylation is 1. The van der Waals surface area contributed by atoms with Crippen molar-refractivity contribution in [3.8, 4) is 5.75 Å². The summed E-state index contributed by atoms with van der Waals surface area (Å²) in [5.74, 6) is -2.13. The van der Waals surface area contributed by atoms with E-state index in [1.807, 2.05) is 0 Å². The van der Waals surface area contributed by atoms with Crippen LogP contribution in [0.2, 0.25) is 0 Å². The Labute approximate surface area is 191 Å². The van der Waals surface area contributed by atoms with Crippen molar-refractivity contribution < 1.29 is 19.1 Å². The number of nitrogens with one attached hydrogen (secondary N) is 2. The SMILES string of the molecule is Cc1nnsc1C(=O)N1CCCCC1c1nc(C(=O)NCc2ccc(F)cc2)c(O)c(=O)[nH]1. The van der Waals surface area contributed by atoms with Crippen molar-refractivity contribution in [2.45, 2.75) is 38.8 Å². The molecule has 4 rings (SSSR count). The van der Waals surface area contributed by atoms with Crippen molar-refractivity contribution in [3.05, 3.63) is 68.1 Å². The van der Waals surface area contributed by atoms with Crippen LogP contribution in [-0.4, -0.2) is 47.9 Å². The monoisotopic (exact) mass is 472 g/mol. The van der Waals surface area contributed by atoms with Crippen LogP contribution in [0.15, 0.2) is 29.1 Å². The molecule has 1 aliphatic rings. The molecule has 3 heterocycles. The van der Waals surface area contributed by atoms with Gasteiger partial charge in [-0.15, -0.1) is 5.10 Å². The van der Waals surface area contributed by atoms with Gasteiger partial charge in [-0.3, -0.25) is 14.4 Å². The summed E-state index contributed by atoms with van der Waals surface area (Å²) in [4.78, 5) is 46.9. The number of benzene rings is 1. The summed E-state index contributed by atoms with van der Waals surface area (Å²) < 4.78 is 16.9. The topological polar surface area (TPSA) is 141 Å². The van der Waals surface area contributed by atoms with Crippen molar-refractivity contribution in [1.82, 2.24) is 29.8 Å². The third-order valence-electron chi connectivity index (χ3n) is 5.42. The molecular formula is C21H21FN6O4S. The van der Waals surface area contributed by atoms with Gasteiger partial charge in [0, 0.05) is 13.1 Å². The predicted octanol–water partition coefficient (Wildman–Crippen LogP) is 2.07. The number of amides is 2. The number of aromatic hydroxyl groups is 1. The number of rotatable bonds is 5. The van der Waals surface area contributed by atoms with Gasteiger partial charge < -0.3 is 20.3 Å². The maximum Gasteiger partial charge on any atom is 0.294 e. The van der Waals surface area contributed by atoms with Gasteiger partial charge in [-0.05, 0) is 55.4 Å². The number of nitrogens with zero attached hydrogens (tertiary/aromatic N) is 4. The van der Waals surface area contributed by atoms with Gasteiger partial charge in [0.05, 0.1) is 11.7 Å². The van der Waals surface area contributed by atoms with E-state index in [4.69, 9.17) is 0 Å². The average Bonchev–Trinajstić information content (AvgIpc) is 3.25. The predicted molar refractivity (Wildman–Crippen MR) is 116 cm³/mol. The van der Waals surface area contributed by atoms with Gasteiger partial charge in [0.1, 0.15) is 16.5 Å². The van der Waals surface area contributed by atoms with Crippen LogP contribution in [0.3, 0.4) is 0 Å². The van der Waals surface area contributed by atoms with E-state index in [9.17, 15) is 23.9 Å². The molecule has 1 aromatic carbocycles. The number of carbonyl (C=O) groups excluding carboxylic acids is 2. The normalized spacial score (nSPS) is 15.9. The Morgan fingerprint density at radius 2 is 2.06 bits per heavy atom. The van der Waals surface area contributed by atoms with Crippen LogP contribution >= 0.6 is 11.5 Å². The lowest BCUT2D eigenvalue weighted by Gasteiger charge is -2.34. The van der Waals surface area contributed by atoms with Gasteiger partial charge in [-0.1, -0.05) is 16.6 Å². The molecule has 0 aliphatic carbocycles. The highest BCUT2D eigenvalue weighted by atomic mass is 32.1. The van der Waals surface area contributed by atoms with E-state index in [-0.39, 0.29) is 18.3 Å². The molecular weight excluding hydrogens is 451 g/mol. The van der Waals surface area contributed by atoms with Crippen molar-refractivity contribution in [3.63, 3.8) is 0 Å². The van der Waals surface area contributed by atoms with E-state index in [1.54, 1.807) is 11.8 Å². The second-order valence-electron chi connectivity index (χ2n) is 7.66. The quantitative estimate of drug-likeness (QED) is 0.516. The minimum atomic E-state index is -0.874. The minimum Gasteiger partial charge on any atom is -0.501 e. The van der Waals surface area contributed by atoms with Gasteiger partial charge in [-0.2, -0.15) is 0 Å². The highest BCUT2D eigenvalue weighted by Crippen LogP contribution is 2.31. The van der Waals surface area contributed by atoms with Crippen molar-refractivity contribution >= 4 is 23.3 Å². The first-order valence-electron chi connectivity index (χ1n) is 10.3. The van der Waals surface area contributed by atoms with Crippen molar-refractivity contribution in [1.29, 1.82) is 0 Å². The first-order valence-corrected chi connectivity index (χ1v) is 11.1. The van der Waals surface area contributed by atoms with Crippen molar-refractivity contribution in [2.24, 2.45) is 0 Å². The number of H-pyrrole nitrogens is 1. The number of piperidine rings is 1. The molecule has 12 heteroatoms. The molecule has 33 heavy (non-hydrogen) atoms. The smallest absolute Gasteiger partial charge is 0.294 e. The Hall–Kier alpha value is -3.67. The second-order valence-corrected chi connectivity index (χ2v) is 8.41. The Kier molecular flexibility index (Phi) is 6.45. The van der Waals surface area contributed by atoms with E-state index in [1.165, 1.54) is 24.3 Å². The Morgan fingerprint density at radius 3 is 2.76 bits per heavy atom. The van der Waals surface area contributed by atoms with Gasteiger partial charge in [0.25, 0.3) is 17.4 Å². The molecule has 172 valence electrons. The molecule has 0 bridgehead atoms. The molecule has 2 amide bonds. The maximum atomic E-state index is 13.1. The van der Waals surface area contributed by atoms with Crippen LogP contribution in [0.4, 0.5) is 4.39 Å². The first-order chi connectivity index (χ1) is 15.8. The fourth-order valence-corrected chi connectivity index (χ4v) is 4.30. The lowest BCUT2D eigenvalue weighted by molar-refractivity contribution is 0.0603. The largest absolute Gasteiger partial charge is 0.501 e. The first kappa shape index (κ1) is 22.5. The van der Waals surface area contributed by atoms with Crippen LogP contribution in [0.1, 0.15) is 62.5 Å². The van der Waals surface area contributed by atoms with Gasteiger partial charge in [0.15, 0.2) is 5.69 Å². The van der Waals surface area contributed by atoms with Gasteiger partial charge in [-0.25, -0.2) is 9.37 Å². The molecule has 1 saturated heterocycles. The number of hydrogen-bond donors (Lipinski definition) is 3. The van der Waals surface area contributed by atoms with Gasteiger partial charge in [0.2, 0.25) is 5.75 Å². The zero-order valence-corrected chi connectivity index (χ0v) is 18.5. The summed E-state index contributed by atoms with van der Waals surface area (Å²) in [5.41, 5.74) is -0.167. The van der Waals surface area contributed by atoms with Crippen LogP contribution in [-0.2, 0) is 6.54 Å². The fourth-order valence-electron chi connectivity index (χ4n) is 3.69. The molecule has 3 N–H and O–H groups in total.